The minimum absolute atomic E-state index is 0.0822. The minimum atomic E-state index is -4.68. The highest BCUT2D eigenvalue weighted by molar-refractivity contribution is 7.13. The summed E-state index contributed by atoms with van der Waals surface area (Å²) in [6.07, 6.45) is -3.04. The molecule has 2 heterocycles. The first-order chi connectivity index (χ1) is 14.6. The van der Waals surface area contributed by atoms with Gasteiger partial charge in [0.15, 0.2) is 0 Å². The lowest BCUT2D eigenvalue weighted by Crippen LogP contribution is -2.28. The van der Waals surface area contributed by atoms with Crippen LogP contribution in [0.5, 0.6) is 0 Å². The van der Waals surface area contributed by atoms with Crippen LogP contribution in [0.25, 0.3) is 0 Å². The lowest BCUT2D eigenvalue weighted by Gasteiger charge is -2.09. The van der Waals surface area contributed by atoms with E-state index in [1.54, 1.807) is 25.1 Å². The van der Waals surface area contributed by atoms with Crippen LogP contribution < -0.4 is 11.0 Å². The second kappa shape index (κ2) is 9.42. The Labute approximate surface area is 190 Å². The van der Waals surface area contributed by atoms with Crippen LogP contribution >= 0.6 is 34.5 Å². The molecule has 0 unspecified atom stereocenters. The van der Waals surface area contributed by atoms with Gasteiger partial charge in [0.05, 0.1) is 37.0 Å². The van der Waals surface area contributed by atoms with E-state index in [4.69, 9.17) is 23.2 Å². The van der Waals surface area contributed by atoms with Crippen LogP contribution in [-0.4, -0.2) is 15.3 Å². The predicted molar refractivity (Wildman–Crippen MR) is 119 cm³/mol. The van der Waals surface area contributed by atoms with Gasteiger partial charge in [-0.2, -0.15) is 18.3 Å². The highest BCUT2D eigenvalue weighted by Gasteiger charge is 2.34. The lowest BCUT2D eigenvalue weighted by molar-refractivity contribution is -0.139. The van der Waals surface area contributed by atoms with Crippen molar-refractivity contribution < 1.29 is 13.2 Å². The van der Waals surface area contributed by atoms with Gasteiger partial charge >= 0.3 is 6.18 Å². The lowest BCUT2D eigenvalue weighted by atomic mass is 10.2. The van der Waals surface area contributed by atoms with E-state index in [2.05, 4.69) is 15.5 Å². The van der Waals surface area contributed by atoms with Crippen molar-refractivity contribution in [3.63, 3.8) is 0 Å². The highest BCUT2D eigenvalue weighted by atomic mass is 35.5. The molecular weight excluding hydrogens is 472 g/mol. The van der Waals surface area contributed by atoms with Crippen LogP contribution in [0.1, 0.15) is 28.1 Å². The molecule has 31 heavy (non-hydrogen) atoms. The van der Waals surface area contributed by atoms with Crippen LogP contribution in [0.3, 0.4) is 0 Å². The summed E-state index contributed by atoms with van der Waals surface area (Å²) in [6, 6.07) is 7.09. The number of benzene rings is 1. The van der Waals surface area contributed by atoms with Crippen molar-refractivity contribution in [1.29, 1.82) is 0 Å². The predicted octanol–water partition coefficient (Wildman–Crippen LogP) is 6.02. The number of aromatic nitrogens is 2. The zero-order chi connectivity index (χ0) is 22.8. The Bertz CT molecular complexity index is 1170. The average Bonchev–Trinajstić information content (AvgIpc) is 3.06. The molecule has 0 saturated heterocycles. The molecule has 0 saturated carbocycles. The van der Waals surface area contributed by atoms with E-state index in [0.29, 0.717) is 32.9 Å². The number of rotatable bonds is 6. The zero-order valence-corrected chi connectivity index (χ0v) is 18.8. The third-order valence-corrected chi connectivity index (χ3v) is 6.32. The van der Waals surface area contributed by atoms with Crippen molar-refractivity contribution in [2.24, 2.45) is 5.10 Å². The third kappa shape index (κ3) is 5.47. The first kappa shape index (κ1) is 23.3. The van der Waals surface area contributed by atoms with Gasteiger partial charge in [-0.25, -0.2) is 4.98 Å². The van der Waals surface area contributed by atoms with Crippen molar-refractivity contribution in [1.82, 2.24) is 9.55 Å². The topological polar surface area (TPSA) is 59.3 Å². The van der Waals surface area contributed by atoms with Gasteiger partial charge < -0.3 is 4.57 Å². The Morgan fingerprint density at radius 2 is 1.90 bits per heavy atom. The number of halogens is 5. The Kier molecular flexibility index (Phi) is 7.08. The molecule has 0 radical (unpaired) electrons. The van der Waals surface area contributed by atoms with Crippen molar-refractivity contribution in [3.8, 4) is 0 Å². The molecule has 0 amide bonds. The van der Waals surface area contributed by atoms with Gasteiger partial charge in [0.1, 0.15) is 5.56 Å². The molecule has 5 nitrogen and oxygen atoms in total. The number of nitrogens with zero attached hydrogens (tertiary/aromatic N) is 3. The van der Waals surface area contributed by atoms with E-state index < -0.39 is 17.3 Å². The molecular formula is C20H17Cl2F3N4OS. The number of thiazole rings is 1. The quantitative estimate of drug-likeness (QED) is 0.341. The molecule has 11 heteroatoms. The zero-order valence-electron chi connectivity index (χ0n) is 16.4. The summed E-state index contributed by atoms with van der Waals surface area (Å²) in [4.78, 5) is 17.3. The van der Waals surface area contributed by atoms with Gasteiger partial charge in [-0.1, -0.05) is 29.3 Å². The van der Waals surface area contributed by atoms with Crippen LogP contribution in [0.2, 0.25) is 10.0 Å². The number of alkyl halides is 3. The summed E-state index contributed by atoms with van der Waals surface area (Å²) in [5, 5.41) is 5.86. The Morgan fingerprint density at radius 1 is 1.23 bits per heavy atom. The number of anilines is 1. The molecule has 0 bridgehead atoms. The molecule has 0 atom stereocenters. The third-order valence-electron chi connectivity index (χ3n) is 4.36. The molecule has 1 N–H and O–H groups in total. The van der Waals surface area contributed by atoms with E-state index in [0.717, 1.165) is 21.2 Å². The van der Waals surface area contributed by atoms with Crippen molar-refractivity contribution >= 4 is 45.9 Å². The maximum atomic E-state index is 12.9. The van der Waals surface area contributed by atoms with E-state index in [9.17, 15) is 18.0 Å². The summed E-state index contributed by atoms with van der Waals surface area (Å²) >= 11 is 13.6. The Morgan fingerprint density at radius 3 is 2.55 bits per heavy atom. The smallest absolute Gasteiger partial charge is 0.315 e. The van der Waals surface area contributed by atoms with Crippen molar-refractivity contribution in [2.75, 3.05) is 5.43 Å². The largest absolute Gasteiger partial charge is 0.421 e. The van der Waals surface area contributed by atoms with Crippen LogP contribution in [0.15, 0.2) is 46.4 Å². The molecule has 0 aliphatic heterocycles. The summed E-state index contributed by atoms with van der Waals surface area (Å²) < 4.78 is 39.8. The first-order valence-electron chi connectivity index (χ1n) is 9.05. The molecule has 0 aliphatic carbocycles. The monoisotopic (exact) mass is 488 g/mol. The molecule has 3 aromatic rings. The number of hydrazone groups is 1. The van der Waals surface area contributed by atoms with E-state index >= 15 is 0 Å². The van der Waals surface area contributed by atoms with Gasteiger partial charge in [-0.15, -0.1) is 11.3 Å². The minimum Gasteiger partial charge on any atom is -0.315 e. The fourth-order valence-corrected chi connectivity index (χ4v) is 4.32. The Hall–Kier alpha value is -2.36. The summed E-state index contributed by atoms with van der Waals surface area (Å²) in [6.45, 7) is 3.69. The van der Waals surface area contributed by atoms with Gasteiger partial charge in [-0.3, -0.25) is 10.2 Å². The van der Waals surface area contributed by atoms with Gasteiger partial charge in [0.2, 0.25) is 0 Å². The van der Waals surface area contributed by atoms with Gasteiger partial charge in [-0.05, 0) is 38.1 Å². The number of hydrogen-bond acceptors (Lipinski definition) is 5. The fourth-order valence-electron chi connectivity index (χ4n) is 2.83. The van der Waals surface area contributed by atoms with Crippen molar-refractivity contribution in [2.45, 2.75) is 33.0 Å². The van der Waals surface area contributed by atoms with Crippen LogP contribution in [0.4, 0.5) is 18.9 Å². The van der Waals surface area contributed by atoms with Gasteiger partial charge in [0, 0.05) is 19.2 Å². The maximum Gasteiger partial charge on any atom is 0.421 e. The summed E-state index contributed by atoms with van der Waals surface area (Å²) in [7, 11) is 0. The second-order valence-electron chi connectivity index (χ2n) is 6.60. The summed E-state index contributed by atoms with van der Waals surface area (Å²) in [5.74, 6) is 0. The van der Waals surface area contributed by atoms with Crippen molar-refractivity contribution in [3.05, 3.63) is 78.1 Å². The molecule has 1 aromatic carbocycles. The molecule has 164 valence electrons. The fraction of sp³-hybridized carbons (Fsp3) is 0.250. The molecule has 0 aliphatic rings. The molecule has 0 spiro atoms. The van der Waals surface area contributed by atoms with E-state index in [-0.39, 0.29) is 6.54 Å². The second-order valence-corrected chi connectivity index (χ2v) is 8.49. The number of para-hydroxylation sites is 1. The average molecular weight is 489 g/mol. The maximum absolute atomic E-state index is 12.9. The normalized spacial score (nSPS) is 12.3. The summed E-state index contributed by atoms with van der Waals surface area (Å²) in [5.41, 5.74) is 2.46. The number of aryl methyl sites for hydroxylation is 3. The van der Waals surface area contributed by atoms with E-state index in [1.807, 2.05) is 6.92 Å². The molecule has 2 aromatic heterocycles. The molecule has 3 rings (SSSR count). The van der Waals surface area contributed by atoms with Crippen LogP contribution in [0, 0.1) is 6.92 Å². The highest BCUT2D eigenvalue weighted by Crippen LogP contribution is 2.30. The van der Waals surface area contributed by atoms with Crippen LogP contribution in [-0.2, 0) is 19.1 Å². The first-order valence-corrected chi connectivity index (χ1v) is 10.6. The SMILES string of the molecule is CC(=NNc1c(Cl)cccc1Cl)c1sc(CCn2cccc(C(F)(F)F)c2=O)nc1C. The molecule has 0 fully saturated rings. The van der Waals surface area contributed by atoms with E-state index in [1.165, 1.54) is 23.6 Å². The number of hydrogen-bond donors (Lipinski definition) is 1. The number of nitrogens with one attached hydrogen (secondary N) is 1. The number of pyridine rings is 1. The van der Waals surface area contributed by atoms with Gasteiger partial charge in [0.25, 0.3) is 5.56 Å². The Balaban J connectivity index is 1.75. The standard InChI is InChI=1S/C20H17Cl2F3N4OS/c1-11-18(12(2)27-28-17-14(21)6-3-7-15(17)22)31-16(26-11)8-10-29-9-4-5-13(19(29)30)20(23,24)25/h3-7,9,28H,8,10H2,1-2H3.